The first-order valence-electron chi connectivity index (χ1n) is 4.49. The van der Waals surface area contributed by atoms with E-state index in [1.165, 1.54) is 0 Å². The second kappa shape index (κ2) is 3.84. The number of hydrogen-bond acceptors (Lipinski definition) is 3. The molecule has 0 amide bonds. The summed E-state index contributed by atoms with van der Waals surface area (Å²) in [6, 6.07) is -0.221. The van der Waals surface area contributed by atoms with E-state index >= 15 is 0 Å². The van der Waals surface area contributed by atoms with E-state index in [1.54, 1.807) is 0 Å². The van der Waals surface area contributed by atoms with Gasteiger partial charge in [0.25, 0.3) is 0 Å². The molecule has 3 nitrogen and oxygen atoms in total. The Morgan fingerprint density at radius 1 is 1.54 bits per heavy atom. The summed E-state index contributed by atoms with van der Waals surface area (Å²) < 4.78 is 5.21. The number of esters is 1. The highest BCUT2D eigenvalue weighted by Gasteiger charge is 2.31. The zero-order valence-electron chi connectivity index (χ0n) is 8.26. The molecule has 0 aromatic carbocycles. The van der Waals surface area contributed by atoms with Gasteiger partial charge in [-0.2, -0.15) is 0 Å². The minimum Gasteiger partial charge on any atom is -0.459 e. The molecule has 0 unspecified atom stereocenters. The highest BCUT2D eigenvalue weighted by Crippen LogP contribution is 2.16. The summed E-state index contributed by atoms with van der Waals surface area (Å²) >= 11 is 5.85. The molecule has 13 heavy (non-hydrogen) atoms. The Morgan fingerprint density at radius 2 is 2.15 bits per heavy atom. The average Bonchev–Trinajstić information content (AvgIpc) is 2.31. The van der Waals surface area contributed by atoms with Gasteiger partial charge in [0.05, 0.1) is 0 Å². The lowest BCUT2D eigenvalue weighted by molar-refractivity contribution is -0.157. The number of halogens is 1. The molecule has 0 radical (unpaired) electrons. The molecule has 1 rings (SSSR count). The van der Waals surface area contributed by atoms with E-state index in [4.69, 9.17) is 16.3 Å². The quantitative estimate of drug-likeness (QED) is 0.518. The number of carbonyl (C=O) groups excluding carboxylic acids is 1. The van der Waals surface area contributed by atoms with Crippen LogP contribution in [0.3, 0.4) is 0 Å². The van der Waals surface area contributed by atoms with Gasteiger partial charge in [-0.1, -0.05) is 0 Å². The third-order valence-electron chi connectivity index (χ3n) is 1.77. The van der Waals surface area contributed by atoms with Gasteiger partial charge < -0.3 is 10.1 Å². The van der Waals surface area contributed by atoms with Crippen LogP contribution in [0.25, 0.3) is 0 Å². The van der Waals surface area contributed by atoms with E-state index in [9.17, 15) is 4.79 Å². The Morgan fingerprint density at radius 3 is 2.54 bits per heavy atom. The van der Waals surface area contributed by atoms with Gasteiger partial charge in [0.2, 0.25) is 0 Å². The first-order chi connectivity index (χ1) is 5.88. The fourth-order valence-electron chi connectivity index (χ4n) is 1.25. The van der Waals surface area contributed by atoms with Crippen LogP contribution in [-0.4, -0.2) is 29.5 Å². The van der Waals surface area contributed by atoms with Crippen molar-refractivity contribution >= 4 is 17.6 Å². The van der Waals surface area contributed by atoms with Crippen LogP contribution in [-0.2, 0) is 9.53 Å². The maximum Gasteiger partial charge on any atom is 0.323 e. The van der Waals surface area contributed by atoms with Crippen molar-refractivity contribution in [3.8, 4) is 0 Å². The van der Waals surface area contributed by atoms with Gasteiger partial charge >= 0.3 is 5.97 Å². The number of rotatable bonds is 1. The van der Waals surface area contributed by atoms with Crippen LogP contribution in [0.4, 0.5) is 0 Å². The minimum absolute atomic E-state index is 0.0533. The van der Waals surface area contributed by atoms with Gasteiger partial charge in [-0.15, -0.1) is 11.6 Å². The number of alkyl halides is 1. The van der Waals surface area contributed by atoms with Crippen LogP contribution in [0.1, 0.15) is 27.2 Å². The van der Waals surface area contributed by atoms with Gasteiger partial charge in [-0.3, -0.25) is 4.79 Å². The van der Waals surface area contributed by atoms with Crippen LogP contribution in [0.2, 0.25) is 0 Å². The van der Waals surface area contributed by atoms with Crippen LogP contribution in [0, 0.1) is 0 Å². The van der Waals surface area contributed by atoms with E-state index in [0.29, 0.717) is 13.0 Å². The molecular weight excluding hydrogens is 190 g/mol. The lowest BCUT2D eigenvalue weighted by Crippen LogP contribution is -2.37. The molecule has 1 aliphatic rings. The molecule has 1 saturated heterocycles. The molecule has 0 bridgehead atoms. The summed E-state index contributed by atoms with van der Waals surface area (Å²) in [5.41, 5.74) is -0.414. The fourth-order valence-corrected chi connectivity index (χ4v) is 1.51. The van der Waals surface area contributed by atoms with Crippen LogP contribution < -0.4 is 5.32 Å². The van der Waals surface area contributed by atoms with Gasteiger partial charge in [-0.05, 0) is 27.2 Å². The van der Waals surface area contributed by atoms with E-state index in [1.807, 2.05) is 20.8 Å². The first-order valence-corrected chi connectivity index (χ1v) is 4.92. The van der Waals surface area contributed by atoms with Gasteiger partial charge in [-0.25, -0.2) is 0 Å². The van der Waals surface area contributed by atoms with Crippen molar-refractivity contribution in [2.75, 3.05) is 6.54 Å². The van der Waals surface area contributed by atoms with E-state index < -0.39 is 5.60 Å². The van der Waals surface area contributed by atoms with Crippen molar-refractivity contribution in [2.24, 2.45) is 0 Å². The summed E-state index contributed by atoms with van der Waals surface area (Å²) in [5.74, 6) is -0.198. The predicted molar refractivity (Wildman–Crippen MR) is 51.9 cm³/mol. The lowest BCUT2D eigenvalue weighted by atomic mass is 10.2. The van der Waals surface area contributed by atoms with Crippen LogP contribution >= 0.6 is 11.6 Å². The maximum absolute atomic E-state index is 11.5. The van der Waals surface area contributed by atoms with Gasteiger partial charge in [0, 0.05) is 11.9 Å². The molecule has 2 atom stereocenters. The molecule has 0 aromatic heterocycles. The molecule has 0 aromatic rings. The number of hydrogen-bond donors (Lipinski definition) is 1. The zero-order chi connectivity index (χ0) is 10.1. The monoisotopic (exact) mass is 205 g/mol. The summed E-state index contributed by atoms with van der Waals surface area (Å²) in [4.78, 5) is 11.5. The minimum atomic E-state index is -0.414. The molecule has 0 spiro atoms. The first kappa shape index (κ1) is 10.8. The number of nitrogens with one attached hydrogen (secondary N) is 1. The summed E-state index contributed by atoms with van der Waals surface area (Å²) in [6.07, 6.45) is 0.663. The molecule has 0 aliphatic carbocycles. The van der Waals surface area contributed by atoms with Gasteiger partial charge in [0.1, 0.15) is 11.6 Å². The summed E-state index contributed by atoms with van der Waals surface area (Å²) in [6.45, 7) is 6.26. The molecule has 76 valence electrons. The molecule has 0 saturated carbocycles. The number of ether oxygens (including phenoxy) is 1. The van der Waals surface area contributed by atoms with Crippen molar-refractivity contribution in [1.29, 1.82) is 0 Å². The Kier molecular flexibility index (Phi) is 3.19. The zero-order valence-corrected chi connectivity index (χ0v) is 9.02. The van der Waals surface area contributed by atoms with Gasteiger partial charge in [0.15, 0.2) is 0 Å². The second-order valence-electron chi connectivity index (χ2n) is 4.33. The highest BCUT2D eigenvalue weighted by molar-refractivity contribution is 6.21. The Labute approximate surface area is 83.8 Å². The highest BCUT2D eigenvalue weighted by atomic mass is 35.5. The van der Waals surface area contributed by atoms with E-state index in [2.05, 4.69) is 5.32 Å². The SMILES string of the molecule is CC(C)(C)OC(=O)[C@@H]1C[C@H](Cl)CN1. The number of carbonyl (C=O) groups is 1. The van der Waals surface area contributed by atoms with Crippen molar-refractivity contribution in [3.63, 3.8) is 0 Å². The average molecular weight is 206 g/mol. The Hall–Kier alpha value is -0.280. The molecular formula is C9H16ClNO2. The summed E-state index contributed by atoms with van der Waals surface area (Å²) in [7, 11) is 0. The lowest BCUT2D eigenvalue weighted by Gasteiger charge is -2.21. The third kappa shape index (κ3) is 3.53. The van der Waals surface area contributed by atoms with Crippen molar-refractivity contribution in [2.45, 2.75) is 44.2 Å². The molecule has 1 fully saturated rings. The second-order valence-corrected chi connectivity index (χ2v) is 4.94. The molecule has 4 heteroatoms. The van der Waals surface area contributed by atoms with Crippen LogP contribution in [0.15, 0.2) is 0 Å². The van der Waals surface area contributed by atoms with Crippen molar-refractivity contribution < 1.29 is 9.53 Å². The maximum atomic E-state index is 11.5. The van der Waals surface area contributed by atoms with Crippen LogP contribution in [0.5, 0.6) is 0 Å². The smallest absolute Gasteiger partial charge is 0.323 e. The van der Waals surface area contributed by atoms with E-state index in [-0.39, 0.29) is 17.4 Å². The third-order valence-corrected chi connectivity index (χ3v) is 2.10. The van der Waals surface area contributed by atoms with Crippen molar-refractivity contribution in [1.82, 2.24) is 5.32 Å². The molecule has 1 heterocycles. The topological polar surface area (TPSA) is 38.3 Å². The predicted octanol–water partition coefficient (Wildman–Crippen LogP) is 1.30. The Balaban J connectivity index is 2.41. The molecule has 1 aliphatic heterocycles. The normalized spacial score (nSPS) is 28.9. The van der Waals surface area contributed by atoms with Crippen molar-refractivity contribution in [3.05, 3.63) is 0 Å². The summed E-state index contributed by atoms with van der Waals surface area (Å²) in [5, 5.41) is 3.08. The largest absolute Gasteiger partial charge is 0.459 e. The molecule has 1 N–H and O–H groups in total. The Bertz CT molecular complexity index is 200. The fraction of sp³-hybridized carbons (Fsp3) is 0.889. The van der Waals surface area contributed by atoms with E-state index in [0.717, 1.165) is 0 Å². The standard InChI is InChI=1S/C9H16ClNO2/c1-9(2,3)13-8(12)7-4-6(10)5-11-7/h6-7,11H,4-5H2,1-3H3/t6-,7-/m0/s1.